The lowest BCUT2D eigenvalue weighted by Crippen LogP contribution is -2.15. The third-order valence-corrected chi connectivity index (χ3v) is 5.81. The molecule has 1 aromatic carbocycles. The molecule has 3 heteroatoms. The van der Waals surface area contributed by atoms with E-state index in [1.807, 2.05) is 11.3 Å². The Kier molecular flexibility index (Phi) is 3.73. The topological polar surface area (TPSA) is 17.3 Å². The zero-order chi connectivity index (χ0) is 17.8. The first-order valence-electron chi connectivity index (χ1n) is 8.78. The zero-order valence-corrected chi connectivity index (χ0v) is 16.4. The quantitative estimate of drug-likeness (QED) is 0.431. The van der Waals surface area contributed by atoms with Crippen LogP contribution in [-0.4, -0.2) is 9.38 Å². The van der Waals surface area contributed by atoms with Gasteiger partial charge in [0.25, 0.3) is 0 Å². The molecular formula is C22H24N2S. The van der Waals surface area contributed by atoms with Crippen LogP contribution in [0.5, 0.6) is 0 Å². The third-order valence-electron chi connectivity index (χ3n) is 4.82. The van der Waals surface area contributed by atoms with Gasteiger partial charge in [0.05, 0.1) is 11.4 Å². The van der Waals surface area contributed by atoms with E-state index in [4.69, 9.17) is 4.98 Å². The van der Waals surface area contributed by atoms with Crippen molar-refractivity contribution in [3.63, 3.8) is 0 Å². The summed E-state index contributed by atoms with van der Waals surface area (Å²) in [6.45, 7) is 11.1. The van der Waals surface area contributed by atoms with Crippen LogP contribution in [0.15, 0.2) is 41.9 Å². The Morgan fingerprint density at radius 3 is 2.64 bits per heavy atom. The van der Waals surface area contributed by atoms with Gasteiger partial charge in [0.1, 0.15) is 5.65 Å². The van der Waals surface area contributed by atoms with Crippen molar-refractivity contribution in [3.05, 3.63) is 70.0 Å². The van der Waals surface area contributed by atoms with Crippen LogP contribution in [0.3, 0.4) is 0 Å². The summed E-state index contributed by atoms with van der Waals surface area (Å²) >= 11 is 1.84. The molecule has 2 nitrogen and oxygen atoms in total. The number of fused-ring (bicyclic) bond motifs is 2. The van der Waals surface area contributed by atoms with Gasteiger partial charge in [-0.05, 0) is 53.4 Å². The summed E-state index contributed by atoms with van der Waals surface area (Å²) in [7, 11) is 0. The average Bonchev–Trinajstić information content (AvgIpc) is 3.10. The second-order valence-electron chi connectivity index (χ2n) is 7.98. The van der Waals surface area contributed by atoms with Gasteiger partial charge in [0, 0.05) is 22.7 Å². The molecule has 4 rings (SSSR count). The number of aromatic nitrogens is 2. The summed E-state index contributed by atoms with van der Waals surface area (Å²) in [5, 5.41) is 3.73. The molecule has 0 saturated heterocycles. The van der Waals surface area contributed by atoms with E-state index in [1.165, 1.54) is 38.2 Å². The third kappa shape index (κ3) is 2.77. The van der Waals surface area contributed by atoms with E-state index >= 15 is 0 Å². The van der Waals surface area contributed by atoms with Gasteiger partial charge in [-0.15, -0.1) is 11.3 Å². The lowest BCUT2D eigenvalue weighted by Gasteiger charge is -2.18. The van der Waals surface area contributed by atoms with E-state index in [2.05, 4.69) is 80.9 Å². The highest BCUT2D eigenvalue weighted by Gasteiger charge is 2.24. The van der Waals surface area contributed by atoms with Gasteiger partial charge in [-0.25, -0.2) is 4.98 Å². The number of imidazole rings is 1. The van der Waals surface area contributed by atoms with Crippen LogP contribution < -0.4 is 0 Å². The molecule has 0 atom stereocenters. The summed E-state index contributed by atoms with van der Waals surface area (Å²) in [6.07, 6.45) is 3.14. The first-order chi connectivity index (χ1) is 11.8. The first kappa shape index (κ1) is 16.3. The molecule has 4 aromatic rings. The number of rotatable bonds is 2. The molecule has 0 aliphatic heterocycles. The van der Waals surface area contributed by atoms with Gasteiger partial charge in [-0.2, -0.15) is 0 Å². The van der Waals surface area contributed by atoms with Gasteiger partial charge in [-0.1, -0.05) is 39.0 Å². The molecule has 25 heavy (non-hydrogen) atoms. The molecule has 0 radical (unpaired) electrons. The van der Waals surface area contributed by atoms with Crippen LogP contribution in [0, 0.1) is 13.8 Å². The number of hydrogen-bond acceptors (Lipinski definition) is 2. The van der Waals surface area contributed by atoms with Gasteiger partial charge in [0.2, 0.25) is 0 Å². The molecule has 3 aromatic heterocycles. The Morgan fingerprint density at radius 1 is 1.08 bits per heavy atom. The second kappa shape index (κ2) is 5.70. The summed E-state index contributed by atoms with van der Waals surface area (Å²) in [5.74, 6) is 0. The molecule has 0 fully saturated rings. The smallest absolute Gasteiger partial charge is 0.137 e. The highest BCUT2D eigenvalue weighted by atomic mass is 32.1. The number of nitrogens with zero attached hydrogens (tertiary/aromatic N) is 2. The Bertz CT molecular complexity index is 1080. The minimum atomic E-state index is 0.0239. The van der Waals surface area contributed by atoms with Crippen LogP contribution in [0.25, 0.3) is 15.7 Å². The molecule has 0 aliphatic carbocycles. The summed E-state index contributed by atoms with van der Waals surface area (Å²) in [4.78, 5) is 4.97. The Balaban J connectivity index is 1.94. The second-order valence-corrected chi connectivity index (χ2v) is 8.89. The van der Waals surface area contributed by atoms with Crippen molar-refractivity contribution in [2.24, 2.45) is 0 Å². The van der Waals surface area contributed by atoms with Crippen molar-refractivity contribution in [2.75, 3.05) is 0 Å². The summed E-state index contributed by atoms with van der Waals surface area (Å²) in [6, 6.07) is 10.9. The number of pyridine rings is 1. The van der Waals surface area contributed by atoms with Crippen LogP contribution in [-0.2, 0) is 11.8 Å². The van der Waals surface area contributed by atoms with Gasteiger partial charge in [-0.3, -0.25) is 0 Å². The molecule has 0 aliphatic rings. The fraction of sp³-hybridized carbons (Fsp3) is 0.318. The molecule has 0 N–H and O–H groups in total. The molecule has 0 unspecified atom stereocenters. The van der Waals surface area contributed by atoms with Gasteiger partial charge < -0.3 is 4.40 Å². The number of aryl methyl sites for hydroxylation is 2. The maximum absolute atomic E-state index is 4.97. The van der Waals surface area contributed by atoms with Gasteiger partial charge >= 0.3 is 0 Å². The average molecular weight is 349 g/mol. The minimum Gasteiger partial charge on any atom is -0.303 e. The SMILES string of the molecule is Cc1ccc2nc(C(C)(C)C)c(Cc3csc4cccc(C)c34)n2c1. The van der Waals surface area contributed by atoms with Gasteiger partial charge in [0.15, 0.2) is 0 Å². The Hall–Kier alpha value is -2.13. The molecular weight excluding hydrogens is 324 g/mol. The van der Waals surface area contributed by atoms with Crippen molar-refractivity contribution in [3.8, 4) is 0 Å². The maximum Gasteiger partial charge on any atom is 0.137 e. The van der Waals surface area contributed by atoms with Crippen molar-refractivity contribution in [1.29, 1.82) is 0 Å². The first-order valence-corrected chi connectivity index (χ1v) is 9.66. The number of hydrogen-bond donors (Lipinski definition) is 0. The summed E-state index contributed by atoms with van der Waals surface area (Å²) < 4.78 is 3.66. The predicted molar refractivity (Wildman–Crippen MR) is 108 cm³/mol. The minimum absolute atomic E-state index is 0.0239. The number of benzene rings is 1. The maximum atomic E-state index is 4.97. The number of thiophene rings is 1. The van der Waals surface area contributed by atoms with Crippen LogP contribution >= 0.6 is 11.3 Å². The van der Waals surface area contributed by atoms with Crippen molar-refractivity contribution < 1.29 is 0 Å². The van der Waals surface area contributed by atoms with Crippen LogP contribution in [0.1, 0.15) is 48.8 Å². The molecule has 0 spiro atoms. The molecule has 0 saturated carbocycles. The summed E-state index contributed by atoms with van der Waals surface area (Å²) in [5.41, 5.74) is 7.61. The predicted octanol–water partition coefficient (Wildman–Crippen LogP) is 6.05. The highest BCUT2D eigenvalue weighted by Crippen LogP contribution is 2.33. The van der Waals surface area contributed by atoms with E-state index < -0.39 is 0 Å². The van der Waals surface area contributed by atoms with E-state index in [0.717, 1.165) is 12.1 Å². The van der Waals surface area contributed by atoms with Crippen molar-refractivity contribution in [1.82, 2.24) is 9.38 Å². The highest BCUT2D eigenvalue weighted by molar-refractivity contribution is 7.17. The molecule has 3 heterocycles. The fourth-order valence-corrected chi connectivity index (χ4v) is 4.66. The zero-order valence-electron chi connectivity index (χ0n) is 15.6. The lowest BCUT2D eigenvalue weighted by atomic mass is 9.89. The lowest BCUT2D eigenvalue weighted by molar-refractivity contribution is 0.566. The Labute approximate surface area is 153 Å². The van der Waals surface area contributed by atoms with E-state index in [-0.39, 0.29) is 5.41 Å². The standard InChI is InChI=1S/C22H24N2S/c1-14-9-10-19-23-21(22(3,4)5)17(24(19)12-14)11-16-13-25-18-8-6-7-15(2)20(16)18/h6-10,12-13H,11H2,1-5H3. The van der Waals surface area contributed by atoms with Crippen LogP contribution in [0.2, 0.25) is 0 Å². The van der Waals surface area contributed by atoms with Crippen LogP contribution in [0.4, 0.5) is 0 Å². The molecule has 0 amide bonds. The molecule has 128 valence electrons. The molecule has 0 bridgehead atoms. The monoisotopic (exact) mass is 348 g/mol. The van der Waals surface area contributed by atoms with E-state index in [0.29, 0.717) is 0 Å². The van der Waals surface area contributed by atoms with Crippen molar-refractivity contribution >= 4 is 27.1 Å². The van der Waals surface area contributed by atoms with E-state index in [9.17, 15) is 0 Å². The van der Waals surface area contributed by atoms with E-state index in [1.54, 1.807) is 0 Å². The van der Waals surface area contributed by atoms with Crippen molar-refractivity contribution in [2.45, 2.75) is 46.5 Å². The Morgan fingerprint density at radius 2 is 1.88 bits per heavy atom. The fourth-order valence-electron chi connectivity index (χ4n) is 3.62. The normalized spacial score (nSPS) is 12.4. The largest absolute Gasteiger partial charge is 0.303 e.